The summed E-state index contributed by atoms with van der Waals surface area (Å²) in [5.41, 5.74) is 6.33. The zero-order valence-corrected chi connectivity index (χ0v) is 8.36. The Morgan fingerprint density at radius 3 is 2.79 bits per heavy atom. The molecule has 2 N–H and O–H groups in total. The molecule has 14 heavy (non-hydrogen) atoms. The first-order valence-corrected chi connectivity index (χ1v) is 4.49. The van der Waals surface area contributed by atoms with Crippen molar-refractivity contribution >= 4 is 17.4 Å². The van der Waals surface area contributed by atoms with E-state index in [1.54, 1.807) is 16.9 Å². The van der Waals surface area contributed by atoms with Crippen molar-refractivity contribution in [1.29, 1.82) is 0 Å². The quantitative estimate of drug-likeness (QED) is 0.778. The minimum Gasteiger partial charge on any atom is -0.384 e. The van der Waals surface area contributed by atoms with Gasteiger partial charge < -0.3 is 5.73 Å². The van der Waals surface area contributed by atoms with Gasteiger partial charge in [0.1, 0.15) is 5.82 Å². The third-order valence-corrected chi connectivity index (χ3v) is 2.20. The molecule has 0 fully saturated rings. The van der Waals surface area contributed by atoms with Gasteiger partial charge in [0.25, 0.3) is 0 Å². The normalized spacial score (nSPS) is 10.4. The molecule has 0 aliphatic rings. The van der Waals surface area contributed by atoms with Crippen molar-refractivity contribution in [1.82, 2.24) is 14.8 Å². The second-order valence-electron chi connectivity index (χ2n) is 2.93. The van der Waals surface area contributed by atoms with E-state index < -0.39 is 0 Å². The number of nitrogens with two attached hydrogens (primary N) is 1. The first kappa shape index (κ1) is 9.02. The number of hydrogen-bond donors (Lipinski definition) is 1. The van der Waals surface area contributed by atoms with Crippen LogP contribution in [0.15, 0.2) is 24.4 Å². The summed E-state index contributed by atoms with van der Waals surface area (Å²) in [6.45, 7) is 1.84. The average molecular weight is 209 g/mol. The van der Waals surface area contributed by atoms with Gasteiger partial charge in [0.2, 0.25) is 0 Å². The Balaban J connectivity index is 2.49. The highest BCUT2D eigenvalue weighted by Gasteiger charge is 2.04. The third kappa shape index (κ3) is 1.56. The van der Waals surface area contributed by atoms with Crippen LogP contribution in [0.25, 0.3) is 5.82 Å². The number of aromatic nitrogens is 3. The van der Waals surface area contributed by atoms with E-state index in [2.05, 4.69) is 10.1 Å². The third-order valence-electron chi connectivity index (χ3n) is 1.83. The average Bonchev–Trinajstić information content (AvgIpc) is 2.47. The number of anilines is 1. The molecule has 4 nitrogen and oxygen atoms in total. The zero-order chi connectivity index (χ0) is 10.1. The van der Waals surface area contributed by atoms with Crippen LogP contribution in [0.3, 0.4) is 0 Å². The molecular formula is C9H9ClN4. The molecule has 0 radical (unpaired) electrons. The summed E-state index contributed by atoms with van der Waals surface area (Å²) < 4.78 is 1.61. The van der Waals surface area contributed by atoms with Gasteiger partial charge in [-0.05, 0) is 19.1 Å². The van der Waals surface area contributed by atoms with Crippen molar-refractivity contribution in [3.8, 4) is 5.82 Å². The van der Waals surface area contributed by atoms with E-state index in [1.165, 1.54) is 0 Å². The minimum absolute atomic E-state index is 0.465. The van der Waals surface area contributed by atoms with Gasteiger partial charge in [-0.15, -0.1) is 0 Å². The number of pyridine rings is 1. The van der Waals surface area contributed by atoms with Crippen molar-refractivity contribution in [2.24, 2.45) is 0 Å². The van der Waals surface area contributed by atoms with Crippen LogP contribution in [0.1, 0.15) is 5.69 Å². The second kappa shape index (κ2) is 3.31. The maximum absolute atomic E-state index is 5.88. The Morgan fingerprint density at radius 2 is 2.21 bits per heavy atom. The van der Waals surface area contributed by atoms with Crippen molar-refractivity contribution in [2.75, 3.05) is 5.73 Å². The van der Waals surface area contributed by atoms with Crippen LogP contribution in [-0.4, -0.2) is 14.8 Å². The first-order valence-electron chi connectivity index (χ1n) is 4.11. The molecule has 2 heterocycles. The van der Waals surface area contributed by atoms with E-state index in [-0.39, 0.29) is 0 Å². The van der Waals surface area contributed by atoms with Crippen molar-refractivity contribution in [3.63, 3.8) is 0 Å². The molecule has 0 aliphatic heterocycles. The van der Waals surface area contributed by atoms with Gasteiger partial charge in [0.15, 0.2) is 5.82 Å². The van der Waals surface area contributed by atoms with Crippen LogP contribution < -0.4 is 5.73 Å². The lowest BCUT2D eigenvalue weighted by atomic mass is 10.4. The van der Waals surface area contributed by atoms with Gasteiger partial charge in [-0.1, -0.05) is 17.7 Å². The molecule has 5 heteroatoms. The molecule has 0 bridgehead atoms. The summed E-state index contributed by atoms with van der Waals surface area (Å²) in [6, 6.07) is 5.36. The molecule has 2 aromatic heterocycles. The lowest BCUT2D eigenvalue weighted by Crippen LogP contribution is -2.00. The van der Waals surface area contributed by atoms with Crippen LogP contribution in [0.2, 0.25) is 5.02 Å². The second-order valence-corrected chi connectivity index (χ2v) is 3.33. The Labute approximate surface area is 86.3 Å². The summed E-state index contributed by atoms with van der Waals surface area (Å²) in [5.74, 6) is 1.13. The molecule has 0 amide bonds. The van der Waals surface area contributed by atoms with Gasteiger partial charge in [0.05, 0.1) is 16.9 Å². The smallest absolute Gasteiger partial charge is 0.155 e. The molecule has 72 valence electrons. The fourth-order valence-electron chi connectivity index (χ4n) is 1.12. The van der Waals surface area contributed by atoms with Gasteiger partial charge in [0, 0.05) is 0 Å². The molecule has 0 spiro atoms. The van der Waals surface area contributed by atoms with E-state index in [9.17, 15) is 0 Å². The lowest BCUT2D eigenvalue weighted by molar-refractivity contribution is 0.834. The van der Waals surface area contributed by atoms with E-state index in [0.29, 0.717) is 16.7 Å². The van der Waals surface area contributed by atoms with Crippen LogP contribution in [-0.2, 0) is 0 Å². The van der Waals surface area contributed by atoms with Gasteiger partial charge in [-0.25, -0.2) is 9.67 Å². The Kier molecular flexibility index (Phi) is 2.13. The molecular weight excluding hydrogens is 200 g/mol. The number of rotatable bonds is 1. The van der Waals surface area contributed by atoms with Crippen LogP contribution in [0.5, 0.6) is 0 Å². The van der Waals surface area contributed by atoms with E-state index in [4.69, 9.17) is 17.3 Å². The monoisotopic (exact) mass is 208 g/mol. The van der Waals surface area contributed by atoms with E-state index >= 15 is 0 Å². The Morgan fingerprint density at radius 1 is 1.43 bits per heavy atom. The maximum Gasteiger partial charge on any atom is 0.155 e. The fraction of sp³-hybridized carbons (Fsp3) is 0.111. The molecule has 2 aromatic rings. The van der Waals surface area contributed by atoms with Gasteiger partial charge >= 0.3 is 0 Å². The van der Waals surface area contributed by atoms with Crippen LogP contribution >= 0.6 is 11.6 Å². The molecule has 0 unspecified atom stereocenters. The Bertz CT molecular complexity index is 444. The van der Waals surface area contributed by atoms with Crippen molar-refractivity contribution in [3.05, 3.63) is 35.1 Å². The number of aryl methyl sites for hydroxylation is 1. The standard InChI is InChI=1S/C9H9ClN4/c1-6-7(10)5-14(13-6)9-4-2-3-8(11)12-9/h2-5H,1H3,(H2,11,12). The first-order chi connectivity index (χ1) is 6.66. The summed E-state index contributed by atoms with van der Waals surface area (Å²) in [7, 11) is 0. The molecule has 0 saturated carbocycles. The van der Waals surface area contributed by atoms with Crippen LogP contribution in [0, 0.1) is 6.92 Å². The molecule has 0 saturated heterocycles. The molecule has 0 atom stereocenters. The largest absolute Gasteiger partial charge is 0.384 e. The molecule has 0 aliphatic carbocycles. The highest BCUT2D eigenvalue weighted by Crippen LogP contribution is 2.15. The molecule has 0 aromatic carbocycles. The van der Waals surface area contributed by atoms with Crippen LogP contribution in [0.4, 0.5) is 5.82 Å². The summed E-state index contributed by atoms with van der Waals surface area (Å²) >= 11 is 5.88. The van der Waals surface area contributed by atoms with Crippen molar-refractivity contribution < 1.29 is 0 Å². The summed E-state index contributed by atoms with van der Waals surface area (Å²) in [6.07, 6.45) is 1.71. The Hall–Kier alpha value is -1.55. The predicted molar refractivity (Wildman–Crippen MR) is 55.5 cm³/mol. The maximum atomic E-state index is 5.88. The number of halogens is 1. The highest BCUT2D eigenvalue weighted by molar-refractivity contribution is 6.31. The van der Waals surface area contributed by atoms with E-state index in [0.717, 1.165) is 5.69 Å². The van der Waals surface area contributed by atoms with Gasteiger partial charge in [-0.3, -0.25) is 0 Å². The van der Waals surface area contributed by atoms with Gasteiger partial charge in [-0.2, -0.15) is 5.10 Å². The van der Waals surface area contributed by atoms with E-state index in [1.807, 2.05) is 19.1 Å². The topological polar surface area (TPSA) is 56.7 Å². The summed E-state index contributed by atoms with van der Waals surface area (Å²) in [4.78, 5) is 4.12. The number of nitrogens with zero attached hydrogens (tertiary/aromatic N) is 3. The SMILES string of the molecule is Cc1nn(-c2cccc(N)n2)cc1Cl. The minimum atomic E-state index is 0.465. The van der Waals surface area contributed by atoms with Crippen molar-refractivity contribution in [2.45, 2.75) is 6.92 Å². The zero-order valence-electron chi connectivity index (χ0n) is 7.61. The number of hydrogen-bond acceptors (Lipinski definition) is 3. The number of nitrogen functional groups attached to an aromatic ring is 1. The predicted octanol–water partition coefficient (Wildman–Crippen LogP) is 1.81. The highest BCUT2D eigenvalue weighted by atomic mass is 35.5. The fourth-order valence-corrected chi connectivity index (χ4v) is 1.25. The molecule has 2 rings (SSSR count). The lowest BCUT2D eigenvalue weighted by Gasteiger charge is -1.99. The summed E-state index contributed by atoms with van der Waals surface area (Å²) in [5, 5.41) is 4.81.